The van der Waals surface area contributed by atoms with E-state index in [9.17, 15) is 4.79 Å². The van der Waals surface area contributed by atoms with Gasteiger partial charge < -0.3 is 5.32 Å². The smallest absolute Gasteiger partial charge is 0.233 e. The number of hydrogen-bond donors (Lipinski definition) is 1. The zero-order valence-electron chi connectivity index (χ0n) is 12.5. The van der Waals surface area contributed by atoms with Crippen LogP contribution in [-0.2, 0) is 4.79 Å². The SMILES string of the molecule is CCNC(=O)C(C)Sc1nc(C)cc(-c2ccccc2)n1. The summed E-state index contributed by atoms with van der Waals surface area (Å²) in [6.07, 6.45) is 0. The molecule has 0 aliphatic rings. The maximum Gasteiger partial charge on any atom is 0.233 e. The van der Waals surface area contributed by atoms with E-state index in [1.54, 1.807) is 0 Å². The summed E-state index contributed by atoms with van der Waals surface area (Å²) in [5.74, 6) is 0.00821. The molecule has 1 aromatic heterocycles. The van der Waals surface area contributed by atoms with Crippen LogP contribution in [0.2, 0.25) is 0 Å². The van der Waals surface area contributed by atoms with E-state index < -0.39 is 0 Å². The summed E-state index contributed by atoms with van der Waals surface area (Å²) < 4.78 is 0. The van der Waals surface area contributed by atoms with Gasteiger partial charge in [-0.2, -0.15) is 0 Å². The summed E-state index contributed by atoms with van der Waals surface area (Å²) in [6, 6.07) is 11.9. The first-order valence-electron chi connectivity index (χ1n) is 6.95. The summed E-state index contributed by atoms with van der Waals surface area (Å²) in [5, 5.41) is 3.23. The fraction of sp³-hybridized carbons (Fsp3) is 0.312. The third-order valence-corrected chi connectivity index (χ3v) is 3.87. The Balaban J connectivity index is 2.22. The van der Waals surface area contributed by atoms with Crippen molar-refractivity contribution in [1.82, 2.24) is 15.3 Å². The van der Waals surface area contributed by atoms with E-state index >= 15 is 0 Å². The van der Waals surface area contributed by atoms with Crippen LogP contribution in [0.15, 0.2) is 41.6 Å². The third kappa shape index (κ3) is 4.29. The van der Waals surface area contributed by atoms with Gasteiger partial charge in [0.2, 0.25) is 5.91 Å². The molecule has 0 radical (unpaired) electrons. The number of carbonyl (C=O) groups excluding carboxylic acids is 1. The van der Waals surface area contributed by atoms with Gasteiger partial charge in [0.15, 0.2) is 5.16 Å². The molecule has 2 rings (SSSR count). The van der Waals surface area contributed by atoms with Crippen LogP contribution in [-0.4, -0.2) is 27.7 Å². The predicted octanol–water partition coefficient (Wildman–Crippen LogP) is 3.07. The second-order valence-electron chi connectivity index (χ2n) is 4.70. The highest BCUT2D eigenvalue weighted by atomic mass is 32.2. The number of nitrogens with one attached hydrogen (secondary N) is 1. The molecule has 4 nitrogen and oxygen atoms in total. The molecule has 1 heterocycles. The molecule has 1 atom stereocenters. The number of amides is 1. The Bertz CT molecular complexity index is 616. The summed E-state index contributed by atoms with van der Waals surface area (Å²) >= 11 is 1.38. The molecule has 2 aromatic rings. The minimum atomic E-state index is -0.213. The molecule has 0 saturated carbocycles. The van der Waals surface area contributed by atoms with E-state index in [1.807, 2.05) is 57.2 Å². The van der Waals surface area contributed by atoms with Gasteiger partial charge in [-0.05, 0) is 26.8 Å². The van der Waals surface area contributed by atoms with E-state index in [0.29, 0.717) is 11.7 Å². The molecule has 0 fully saturated rings. The maximum absolute atomic E-state index is 11.8. The molecule has 1 amide bonds. The highest BCUT2D eigenvalue weighted by molar-refractivity contribution is 8.00. The van der Waals surface area contributed by atoms with Crippen molar-refractivity contribution in [3.05, 3.63) is 42.1 Å². The van der Waals surface area contributed by atoms with Gasteiger partial charge in [0.05, 0.1) is 10.9 Å². The van der Waals surface area contributed by atoms with Crippen molar-refractivity contribution in [2.75, 3.05) is 6.54 Å². The Morgan fingerprint density at radius 3 is 2.67 bits per heavy atom. The van der Waals surface area contributed by atoms with Gasteiger partial charge in [-0.3, -0.25) is 4.79 Å². The quantitative estimate of drug-likeness (QED) is 0.681. The first-order valence-corrected chi connectivity index (χ1v) is 7.83. The lowest BCUT2D eigenvalue weighted by Gasteiger charge is -2.11. The molecule has 0 bridgehead atoms. The monoisotopic (exact) mass is 301 g/mol. The average molecular weight is 301 g/mol. The fourth-order valence-electron chi connectivity index (χ4n) is 1.88. The summed E-state index contributed by atoms with van der Waals surface area (Å²) in [6.45, 7) is 6.35. The van der Waals surface area contributed by atoms with Gasteiger partial charge in [-0.15, -0.1) is 0 Å². The van der Waals surface area contributed by atoms with Gasteiger partial charge in [-0.25, -0.2) is 9.97 Å². The van der Waals surface area contributed by atoms with E-state index in [1.165, 1.54) is 11.8 Å². The average Bonchev–Trinajstić information content (AvgIpc) is 2.47. The Kier molecular flexibility index (Phi) is 5.33. The molecular weight excluding hydrogens is 282 g/mol. The minimum absolute atomic E-state index is 0.00821. The van der Waals surface area contributed by atoms with Gasteiger partial charge in [0.25, 0.3) is 0 Å². The van der Waals surface area contributed by atoms with Crippen molar-refractivity contribution in [3.8, 4) is 11.3 Å². The number of aromatic nitrogens is 2. The van der Waals surface area contributed by atoms with Crippen LogP contribution >= 0.6 is 11.8 Å². The lowest BCUT2D eigenvalue weighted by Crippen LogP contribution is -2.30. The van der Waals surface area contributed by atoms with Crippen LogP contribution in [0.1, 0.15) is 19.5 Å². The van der Waals surface area contributed by atoms with Crippen molar-refractivity contribution in [2.24, 2.45) is 0 Å². The fourth-order valence-corrected chi connectivity index (χ4v) is 2.73. The standard InChI is InChI=1S/C16H19N3OS/c1-4-17-15(20)12(3)21-16-18-11(2)10-14(19-16)13-8-6-5-7-9-13/h5-10,12H,4H2,1-3H3,(H,17,20). The lowest BCUT2D eigenvalue weighted by atomic mass is 10.1. The van der Waals surface area contributed by atoms with Crippen LogP contribution in [0.4, 0.5) is 0 Å². The summed E-state index contributed by atoms with van der Waals surface area (Å²) in [7, 11) is 0. The van der Waals surface area contributed by atoms with Gasteiger partial charge in [-0.1, -0.05) is 42.1 Å². The van der Waals surface area contributed by atoms with Crippen LogP contribution in [0.25, 0.3) is 11.3 Å². The van der Waals surface area contributed by atoms with Crippen LogP contribution in [0.5, 0.6) is 0 Å². The predicted molar refractivity (Wildman–Crippen MR) is 86.2 cm³/mol. The van der Waals surface area contributed by atoms with Crippen molar-refractivity contribution >= 4 is 17.7 Å². The second kappa shape index (κ2) is 7.22. The van der Waals surface area contributed by atoms with E-state index in [0.717, 1.165) is 17.0 Å². The highest BCUT2D eigenvalue weighted by Crippen LogP contribution is 2.24. The highest BCUT2D eigenvalue weighted by Gasteiger charge is 2.16. The molecule has 0 saturated heterocycles. The molecule has 0 aliphatic heterocycles. The molecule has 1 aromatic carbocycles. The number of benzene rings is 1. The molecular formula is C16H19N3OS. The molecule has 21 heavy (non-hydrogen) atoms. The first-order chi connectivity index (χ1) is 10.1. The topological polar surface area (TPSA) is 54.9 Å². The van der Waals surface area contributed by atoms with E-state index in [-0.39, 0.29) is 11.2 Å². The van der Waals surface area contributed by atoms with E-state index in [4.69, 9.17) is 0 Å². The Morgan fingerprint density at radius 2 is 2.00 bits per heavy atom. The van der Waals surface area contributed by atoms with Crippen LogP contribution < -0.4 is 5.32 Å². The van der Waals surface area contributed by atoms with Gasteiger partial charge >= 0.3 is 0 Å². The summed E-state index contributed by atoms with van der Waals surface area (Å²) in [4.78, 5) is 20.8. The second-order valence-corrected chi connectivity index (χ2v) is 6.01. The number of hydrogen-bond acceptors (Lipinski definition) is 4. The Labute approximate surface area is 129 Å². The van der Waals surface area contributed by atoms with Crippen molar-refractivity contribution in [3.63, 3.8) is 0 Å². The molecule has 1 N–H and O–H groups in total. The minimum Gasteiger partial charge on any atom is -0.355 e. The van der Waals surface area contributed by atoms with Crippen molar-refractivity contribution in [1.29, 1.82) is 0 Å². The number of aryl methyl sites for hydroxylation is 1. The van der Waals surface area contributed by atoms with Crippen molar-refractivity contribution < 1.29 is 4.79 Å². The Hall–Kier alpha value is -1.88. The zero-order valence-corrected chi connectivity index (χ0v) is 13.3. The molecule has 110 valence electrons. The molecule has 5 heteroatoms. The lowest BCUT2D eigenvalue weighted by molar-refractivity contribution is -0.120. The largest absolute Gasteiger partial charge is 0.355 e. The number of thioether (sulfide) groups is 1. The molecule has 0 aliphatic carbocycles. The number of carbonyl (C=O) groups is 1. The number of nitrogens with zero attached hydrogens (tertiary/aromatic N) is 2. The third-order valence-electron chi connectivity index (χ3n) is 2.91. The van der Waals surface area contributed by atoms with Crippen molar-refractivity contribution in [2.45, 2.75) is 31.2 Å². The molecule has 0 spiro atoms. The molecule has 1 unspecified atom stereocenters. The number of rotatable bonds is 5. The summed E-state index contributed by atoms with van der Waals surface area (Å²) in [5.41, 5.74) is 2.83. The van der Waals surface area contributed by atoms with Crippen LogP contribution in [0, 0.1) is 6.92 Å². The van der Waals surface area contributed by atoms with E-state index in [2.05, 4.69) is 15.3 Å². The van der Waals surface area contributed by atoms with Crippen LogP contribution in [0.3, 0.4) is 0 Å². The Morgan fingerprint density at radius 1 is 1.29 bits per heavy atom. The maximum atomic E-state index is 11.8. The zero-order chi connectivity index (χ0) is 15.2. The normalized spacial score (nSPS) is 12.0. The first kappa shape index (κ1) is 15.5. The van der Waals surface area contributed by atoms with Gasteiger partial charge in [0, 0.05) is 17.8 Å². The van der Waals surface area contributed by atoms with Gasteiger partial charge in [0.1, 0.15) is 0 Å².